The number of aliphatic carboxylic acids is 1. The summed E-state index contributed by atoms with van der Waals surface area (Å²) in [6.07, 6.45) is 2.52. The molecule has 1 rings (SSSR count). The molecule has 0 atom stereocenters. The molecule has 0 aliphatic rings. The van der Waals surface area contributed by atoms with E-state index in [-0.39, 0.29) is 5.91 Å². The lowest BCUT2D eigenvalue weighted by Crippen LogP contribution is -2.27. The second-order valence-electron chi connectivity index (χ2n) is 3.75. The maximum absolute atomic E-state index is 11.7. The summed E-state index contributed by atoms with van der Waals surface area (Å²) in [4.78, 5) is 22.1. The molecule has 1 amide bonds. The summed E-state index contributed by atoms with van der Waals surface area (Å²) >= 11 is 0. The predicted molar refractivity (Wildman–Crippen MR) is 71.9 cm³/mol. The van der Waals surface area contributed by atoms with E-state index in [1.807, 2.05) is 6.92 Å². The molecule has 5 nitrogen and oxygen atoms in total. The molecule has 0 radical (unpaired) electrons. The number of hydrogen-bond acceptors (Lipinski definition) is 3. The summed E-state index contributed by atoms with van der Waals surface area (Å²) in [5.41, 5.74) is 1.26. The third kappa shape index (κ3) is 5.83. The molecule has 0 aromatic heterocycles. The molecule has 1 aromatic carbocycles. The molecular weight excluding hydrogens is 246 g/mol. The zero-order valence-corrected chi connectivity index (χ0v) is 10.8. The number of rotatable bonds is 7. The maximum Gasteiger partial charge on any atom is 0.328 e. The van der Waals surface area contributed by atoms with E-state index in [1.165, 1.54) is 6.08 Å². The van der Waals surface area contributed by atoms with Crippen LogP contribution in [0.5, 0.6) is 0 Å². The molecule has 0 fully saturated rings. The zero-order chi connectivity index (χ0) is 14.1. The standard InChI is InChI=1S/C14H17NO4/c1-2-19-10-9-15-14(18)12-6-3-11(4-7-12)5-8-13(16)17/h3-8H,2,9-10H2,1H3,(H,15,18)(H,16,17). The van der Waals surface area contributed by atoms with Crippen LogP contribution in [0.2, 0.25) is 0 Å². The first-order chi connectivity index (χ1) is 9.13. The van der Waals surface area contributed by atoms with Crippen LogP contribution in [0.25, 0.3) is 6.08 Å². The Hall–Kier alpha value is -2.14. The molecule has 0 aliphatic heterocycles. The smallest absolute Gasteiger partial charge is 0.328 e. The van der Waals surface area contributed by atoms with Gasteiger partial charge in [-0.1, -0.05) is 12.1 Å². The highest BCUT2D eigenvalue weighted by Gasteiger charge is 2.03. The summed E-state index contributed by atoms with van der Waals surface area (Å²) in [6, 6.07) is 6.68. The molecular formula is C14H17NO4. The summed E-state index contributed by atoms with van der Waals surface area (Å²) in [6.45, 7) is 3.47. The van der Waals surface area contributed by atoms with Crippen molar-refractivity contribution in [2.45, 2.75) is 6.92 Å². The van der Waals surface area contributed by atoms with Gasteiger partial charge in [0.2, 0.25) is 0 Å². The Morgan fingerprint density at radius 3 is 2.58 bits per heavy atom. The fourth-order valence-corrected chi connectivity index (χ4v) is 1.40. The van der Waals surface area contributed by atoms with E-state index in [2.05, 4.69) is 5.32 Å². The molecule has 102 valence electrons. The average molecular weight is 263 g/mol. The monoisotopic (exact) mass is 263 g/mol. The highest BCUT2D eigenvalue weighted by atomic mass is 16.5. The second-order valence-corrected chi connectivity index (χ2v) is 3.75. The van der Waals surface area contributed by atoms with Crippen molar-refractivity contribution >= 4 is 18.0 Å². The molecule has 19 heavy (non-hydrogen) atoms. The fourth-order valence-electron chi connectivity index (χ4n) is 1.40. The van der Waals surface area contributed by atoms with E-state index < -0.39 is 5.97 Å². The van der Waals surface area contributed by atoms with Crippen LogP contribution in [-0.2, 0) is 9.53 Å². The maximum atomic E-state index is 11.7. The number of amides is 1. The number of ether oxygens (including phenoxy) is 1. The first-order valence-corrected chi connectivity index (χ1v) is 6.00. The molecule has 2 N–H and O–H groups in total. The van der Waals surface area contributed by atoms with Gasteiger partial charge in [-0.15, -0.1) is 0 Å². The van der Waals surface area contributed by atoms with Gasteiger partial charge in [0.05, 0.1) is 6.61 Å². The van der Waals surface area contributed by atoms with Gasteiger partial charge in [-0.05, 0) is 30.7 Å². The van der Waals surface area contributed by atoms with Crippen LogP contribution in [-0.4, -0.2) is 36.7 Å². The predicted octanol–water partition coefficient (Wildman–Crippen LogP) is 1.55. The molecule has 0 bridgehead atoms. The van der Waals surface area contributed by atoms with Gasteiger partial charge < -0.3 is 15.2 Å². The van der Waals surface area contributed by atoms with Gasteiger partial charge in [0.15, 0.2) is 0 Å². The van der Waals surface area contributed by atoms with Gasteiger partial charge >= 0.3 is 5.97 Å². The van der Waals surface area contributed by atoms with Gasteiger partial charge in [0.1, 0.15) is 0 Å². The minimum absolute atomic E-state index is 0.173. The Balaban J connectivity index is 2.51. The second kappa shape index (κ2) is 8.05. The molecule has 0 spiro atoms. The van der Waals surface area contributed by atoms with E-state index in [0.717, 1.165) is 11.6 Å². The normalized spacial score (nSPS) is 10.6. The zero-order valence-electron chi connectivity index (χ0n) is 10.8. The summed E-state index contributed by atoms with van der Waals surface area (Å²) in [5, 5.41) is 11.2. The molecule has 0 saturated heterocycles. The lowest BCUT2D eigenvalue weighted by molar-refractivity contribution is -0.131. The minimum atomic E-state index is -1.00. The van der Waals surface area contributed by atoms with E-state index in [1.54, 1.807) is 24.3 Å². The lowest BCUT2D eigenvalue weighted by Gasteiger charge is -2.05. The van der Waals surface area contributed by atoms with Crippen LogP contribution in [0.3, 0.4) is 0 Å². The summed E-state index contributed by atoms with van der Waals surface area (Å²) in [5.74, 6) is -1.17. The minimum Gasteiger partial charge on any atom is -0.478 e. The largest absolute Gasteiger partial charge is 0.478 e. The van der Waals surface area contributed by atoms with Crippen LogP contribution in [0.15, 0.2) is 30.3 Å². The molecule has 0 heterocycles. The van der Waals surface area contributed by atoms with Gasteiger partial charge in [-0.2, -0.15) is 0 Å². The van der Waals surface area contributed by atoms with Crippen molar-refractivity contribution in [1.82, 2.24) is 5.32 Å². The number of carboxylic acids is 1. The first kappa shape index (κ1) is 14.9. The van der Waals surface area contributed by atoms with Gasteiger partial charge in [0, 0.05) is 24.8 Å². The van der Waals surface area contributed by atoms with E-state index >= 15 is 0 Å². The number of hydrogen-bond donors (Lipinski definition) is 2. The van der Waals surface area contributed by atoms with Crippen molar-refractivity contribution in [3.63, 3.8) is 0 Å². The van der Waals surface area contributed by atoms with Gasteiger partial charge in [-0.25, -0.2) is 4.79 Å². The van der Waals surface area contributed by atoms with E-state index in [4.69, 9.17) is 9.84 Å². The number of carboxylic acid groups (broad SMARTS) is 1. The van der Waals surface area contributed by atoms with Crippen molar-refractivity contribution in [2.24, 2.45) is 0 Å². The Labute approximate surface area is 111 Å². The van der Waals surface area contributed by atoms with Crippen LogP contribution in [0, 0.1) is 0 Å². The highest BCUT2D eigenvalue weighted by Crippen LogP contribution is 2.06. The Bertz CT molecular complexity index is 451. The van der Waals surface area contributed by atoms with Crippen molar-refractivity contribution in [3.8, 4) is 0 Å². The number of nitrogens with one attached hydrogen (secondary N) is 1. The lowest BCUT2D eigenvalue weighted by atomic mass is 10.1. The van der Waals surface area contributed by atoms with Crippen molar-refractivity contribution < 1.29 is 19.4 Å². The summed E-state index contributed by atoms with van der Waals surface area (Å²) in [7, 11) is 0. The van der Waals surface area contributed by atoms with Crippen molar-refractivity contribution in [3.05, 3.63) is 41.5 Å². The Kier molecular flexibility index (Phi) is 6.32. The number of benzene rings is 1. The quantitative estimate of drug-likeness (QED) is 0.578. The highest BCUT2D eigenvalue weighted by molar-refractivity contribution is 5.94. The van der Waals surface area contributed by atoms with Crippen LogP contribution in [0.4, 0.5) is 0 Å². The third-order valence-electron chi connectivity index (χ3n) is 2.33. The van der Waals surface area contributed by atoms with E-state index in [0.29, 0.717) is 25.3 Å². The van der Waals surface area contributed by atoms with Crippen LogP contribution in [0.1, 0.15) is 22.8 Å². The van der Waals surface area contributed by atoms with Crippen molar-refractivity contribution in [2.75, 3.05) is 19.8 Å². The Morgan fingerprint density at radius 2 is 2.00 bits per heavy atom. The summed E-state index contributed by atoms with van der Waals surface area (Å²) < 4.78 is 5.11. The van der Waals surface area contributed by atoms with Crippen molar-refractivity contribution in [1.29, 1.82) is 0 Å². The van der Waals surface area contributed by atoms with Crippen LogP contribution >= 0.6 is 0 Å². The van der Waals surface area contributed by atoms with Gasteiger partial charge in [-0.3, -0.25) is 4.79 Å². The number of carbonyl (C=O) groups is 2. The Morgan fingerprint density at radius 1 is 1.32 bits per heavy atom. The van der Waals surface area contributed by atoms with Crippen LogP contribution < -0.4 is 5.32 Å². The van der Waals surface area contributed by atoms with Gasteiger partial charge in [0.25, 0.3) is 5.91 Å². The van der Waals surface area contributed by atoms with E-state index in [9.17, 15) is 9.59 Å². The molecule has 0 unspecified atom stereocenters. The number of carbonyl (C=O) groups excluding carboxylic acids is 1. The average Bonchev–Trinajstić information content (AvgIpc) is 2.41. The molecule has 5 heteroatoms. The fraction of sp³-hybridized carbons (Fsp3) is 0.286. The SMILES string of the molecule is CCOCCNC(=O)c1ccc(C=CC(=O)O)cc1. The molecule has 0 aliphatic carbocycles. The third-order valence-corrected chi connectivity index (χ3v) is 2.33. The topological polar surface area (TPSA) is 75.6 Å². The molecule has 1 aromatic rings. The first-order valence-electron chi connectivity index (χ1n) is 6.00. The molecule has 0 saturated carbocycles.